The van der Waals surface area contributed by atoms with Gasteiger partial charge in [-0.3, -0.25) is 0 Å². The zero-order valence-electron chi connectivity index (χ0n) is 15.2. The van der Waals surface area contributed by atoms with Gasteiger partial charge in [0, 0.05) is 6.54 Å². The Balaban J connectivity index is 1.92. The van der Waals surface area contributed by atoms with Crippen LogP contribution in [0, 0.1) is 0 Å². The van der Waals surface area contributed by atoms with E-state index >= 15 is 0 Å². The second-order valence-corrected chi connectivity index (χ2v) is 6.44. The maximum absolute atomic E-state index is 6.05. The standard InChI is InChI=1S/C19H26N4O2/c1-4-5-13-24-19-18-17(14-20-21-19)25-16-10-7-6-9-15(16)23(18)12-8-11-22(2)3/h6-7,9-10,14H,4-5,8,11-13H2,1-3H3. The molecule has 0 N–H and O–H groups in total. The van der Waals surface area contributed by atoms with Crippen LogP contribution in [0.1, 0.15) is 26.2 Å². The number of fused-ring (bicyclic) bond motifs is 2. The first-order valence-electron chi connectivity index (χ1n) is 8.88. The van der Waals surface area contributed by atoms with Crippen LogP contribution >= 0.6 is 0 Å². The number of ether oxygens (including phenoxy) is 2. The second kappa shape index (κ2) is 8.16. The third kappa shape index (κ3) is 4.02. The lowest BCUT2D eigenvalue weighted by Crippen LogP contribution is -2.26. The summed E-state index contributed by atoms with van der Waals surface area (Å²) in [7, 11) is 4.18. The van der Waals surface area contributed by atoms with E-state index in [1.165, 1.54) is 0 Å². The number of anilines is 2. The molecule has 3 rings (SSSR count). The van der Waals surface area contributed by atoms with Crippen molar-refractivity contribution in [2.45, 2.75) is 26.2 Å². The molecule has 0 unspecified atom stereocenters. The largest absolute Gasteiger partial charge is 0.475 e. The fourth-order valence-corrected chi connectivity index (χ4v) is 2.86. The third-order valence-electron chi connectivity index (χ3n) is 4.13. The fourth-order valence-electron chi connectivity index (χ4n) is 2.86. The summed E-state index contributed by atoms with van der Waals surface area (Å²) in [6.07, 6.45) is 4.76. The summed E-state index contributed by atoms with van der Waals surface area (Å²) >= 11 is 0. The van der Waals surface area contributed by atoms with Crippen LogP contribution in [0.3, 0.4) is 0 Å². The number of rotatable bonds is 8. The smallest absolute Gasteiger partial charge is 0.261 e. The van der Waals surface area contributed by atoms with Crippen LogP contribution in [0.25, 0.3) is 0 Å². The summed E-state index contributed by atoms with van der Waals surface area (Å²) in [4.78, 5) is 4.43. The van der Waals surface area contributed by atoms with Gasteiger partial charge in [-0.15, -0.1) is 5.10 Å². The Hall–Kier alpha value is -2.34. The molecule has 0 saturated heterocycles. The number of benzene rings is 1. The lowest BCUT2D eigenvalue weighted by atomic mass is 10.2. The third-order valence-corrected chi connectivity index (χ3v) is 4.13. The molecule has 1 aliphatic heterocycles. The van der Waals surface area contributed by atoms with Crippen molar-refractivity contribution in [1.82, 2.24) is 15.1 Å². The minimum Gasteiger partial charge on any atom is -0.475 e. The second-order valence-electron chi connectivity index (χ2n) is 6.44. The number of aromatic nitrogens is 2. The van der Waals surface area contributed by atoms with E-state index in [9.17, 15) is 0 Å². The van der Waals surface area contributed by atoms with E-state index in [0.717, 1.165) is 49.5 Å². The molecular weight excluding hydrogens is 316 g/mol. The highest BCUT2D eigenvalue weighted by atomic mass is 16.5. The highest BCUT2D eigenvalue weighted by molar-refractivity contribution is 5.80. The van der Waals surface area contributed by atoms with Crippen molar-refractivity contribution < 1.29 is 9.47 Å². The molecule has 25 heavy (non-hydrogen) atoms. The van der Waals surface area contributed by atoms with Gasteiger partial charge >= 0.3 is 0 Å². The highest BCUT2D eigenvalue weighted by Crippen LogP contribution is 2.49. The van der Waals surface area contributed by atoms with Crippen molar-refractivity contribution in [1.29, 1.82) is 0 Å². The first-order chi connectivity index (χ1) is 12.2. The summed E-state index contributed by atoms with van der Waals surface area (Å²) in [5.74, 6) is 2.09. The minimum atomic E-state index is 0.547. The lowest BCUT2D eigenvalue weighted by Gasteiger charge is -2.33. The first-order valence-corrected chi connectivity index (χ1v) is 8.88. The molecule has 134 valence electrons. The Morgan fingerprint density at radius 1 is 1.16 bits per heavy atom. The zero-order valence-corrected chi connectivity index (χ0v) is 15.2. The Labute approximate surface area is 149 Å². The predicted octanol–water partition coefficient (Wildman–Crippen LogP) is 3.85. The van der Waals surface area contributed by atoms with Crippen LogP contribution in [0.5, 0.6) is 17.4 Å². The van der Waals surface area contributed by atoms with Gasteiger partial charge in [-0.25, -0.2) is 0 Å². The van der Waals surface area contributed by atoms with Gasteiger partial charge in [0.2, 0.25) is 0 Å². The van der Waals surface area contributed by atoms with Gasteiger partial charge in [0.1, 0.15) is 0 Å². The summed E-state index contributed by atoms with van der Waals surface area (Å²) in [5, 5.41) is 8.28. The topological polar surface area (TPSA) is 50.7 Å². The molecule has 2 heterocycles. The Bertz CT molecular complexity index is 706. The maximum atomic E-state index is 6.05. The number of para-hydroxylation sites is 2. The normalized spacial score (nSPS) is 12.6. The fraction of sp³-hybridized carbons (Fsp3) is 0.474. The van der Waals surface area contributed by atoms with Crippen LogP contribution in [0.2, 0.25) is 0 Å². The molecule has 0 radical (unpaired) electrons. The summed E-state index contributed by atoms with van der Waals surface area (Å²) < 4.78 is 12.0. The van der Waals surface area contributed by atoms with Crippen molar-refractivity contribution in [2.24, 2.45) is 0 Å². The van der Waals surface area contributed by atoms with E-state index in [0.29, 0.717) is 18.2 Å². The average molecular weight is 342 g/mol. The van der Waals surface area contributed by atoms with E-state index in [4.69, 9.17) is 9.47 Å². The van der Waals surface area contributed by atoms with Gasteiger partial charge in [-0.2, -0.15) is 5.10 Å². The molecule has 0 atom stereocenters. The zero-order chi connectivity index (χ0) is 17.6. The van der Waals surface area contributed by atoms with E-state index in [1.54, 1.807) is 6.20 Å². The van der Waals surface area contributed by atoms with Gasteiger partial charge < -0.3 is 19.3 Å². The van der Waals surface area contributed by atoms with Crippen LogP contribution in [-0.2, 0) is 0 Å². The number of hydrogen-bond acceptors (Lipinski definition) is 6. The summed E-state index contributed by atoms with van der Waals surface area (Å²) in [6.45, 7) is 4.65. The van der Waals surface area contributed by atoms with Gasteiger partial charge in [-0.1, -0.05) is 25.5 Å². The van der Waals surface area contributed by atoms with Crippen LogP contribution in [-0.4, -0.2) is 48.9 Å². The van der Waals surface area contributed by atoms with Crippen molar-refractivity contribution in [3.8, 4) is 17.4 Å². The van der Waals surface area contributed by atoms with Crippen LogP contribution < -0.4 is 14.4 Å². The number of nitrogens with zero attached hydrogens (tertiary/aromatic N) is 4. The molecule has 1 aromatic carbocycles. The van der Waals surface area contributed by atoms with Gasteiger partial charge in [0.15, 0.2) is 17.2 Å². The molecule has 2 aromatic rings. The van der Waals surface area contributed by atoms with Crippen molar-refractivity contribution in [3.63, 3.8) is 0 Å². The molecule has 0 amide bonds. The number of hydrogen-bond donors (Lipinski definition) is 0. The molecule has 0 aliphatic carbocycles. The Kier molecular flexibility index (Phi) is 5.71. The maximum Gasteiger partial charge on any atom is 0.261 e. The highest BCUT2D eigenvalue weighted by Gasteiger charge is 2.28. The molecule has 6 heteroatoms. The molecule has 0 saturated carbocycles. The lowest BCUT2D eigenvalue weighted by molar-refractivity contribution is 0.292. The van der Waals surface area contributed by atoms with Crippen LogP contribution in [0.15, 0.2) is 30.5 Å². The van der Waals surface area contributed by atoms with Crippen molar-refractivity contribution >= 4 is 11.4 Å². The van der Waals surface area contributed by atoms with Gasteiger partial charge in [0.25, 0.3) is 5.88 Å². The van der Waals surface area contributed by atoms with E-state index in [1.807, 2.05) is 18.2 Å². The van der Waals surface area contributed by atoms with Crippen LogP contribution in [0.4, 0.5) is 11.4 Å². The molecule has 0 bridgehead atoms. The first kappa shape index (κ1) is 17.5. The molecule has 1 aromatic heterocycles. The molecular formula is C19H26N4O2. The number of unbranched alkanes of at least 4 members (excludes halogenated alkanes) is 1. The van der Waals surface area contributed by atoms with Gasteiger partial charge in [0.05, 0.1) is 18.5 Å². The summed E-state index contributed by atoms with van der Waals surface area (Å²) in [6, 6.07) is 8.06. The predicted molar refractivity (Wildman–Crippen MR) is 99.1 cm³/mol. The van der Waals surface area contributed by atoms with E-state index < -0.39 is 0 Å². The SMILES string of the molecule is CCCCOc1nncc2c1N(CCCN(C)C)c1ccccc1O2. The molecule has 0 spiro atoms. The van der Waals surface area contributed by atoms with E-state index in [2.05, 4.69) is 47.1 Å². The van der Waals surface area contributed by atoms with Crippen molar-refractivity contribution in [3.05, 3.63) is 30.5 Å². The molecule has 0 fully saturated rings. The summed E-state index contributed by atoms with van der Waals surface area (Å²) in [5.41, 5.74) is 1.92. The minimum absolute atomic E-state index is 0.547. The van der Waals surface area contributed by atoms with Gasteiger partial charge in [-0.05, 0) is 45.6 Å². The monoisotopic (exact) mass is 342 g/mol. The molecule has 1 aliphatic rings. The molecule has 6 nitrogen and oxygen atoms in total. The quantitative estimate of drug-likeness (QED) is 0.679. The Morgan fingerprint density at radius 3 is 2.80 bits per heavy atom. The van der Waals surface area contributed by atoms with Crippen molar-refractivity contribution in [2.75, 3.05) is 38.7 Å². The average Bonchev–Trinajstić information content (AvgIpc) is 2.61. The Morgan fingerprint density at radius 2 is 2.00 bits per heavy atom. The van der Waals surface area contributed by atoms with E-state index in [-0.39, 0.29) is 0 Å².